The Kier molecular flexibility index (Phi) is 4.22. The Hall–Kier alpha value is -0.730. The van der Waals surface area contributed by atoms with Crippen molar-refractivity contribution in [3.63, 3.8) is 0 Å². The van der Waals surface area contributed by atoms with Crippen molar-refractivity contribution in [1.82, 2.24) is 5.32 Å². The average molecular weight is 235 g/mol. The largest absolute Gasteiger partial charge is 0.464 e. The number of piperidine rings is 1. The monoisotopic (exact) mass is 235 g/mol. The third-order valence-electron chi connectivity index (χ3n) is 2.74. The second-order valence-electron chi connectivity index (χ2n) is 3.73. The predicted octanol–water partition coefficient (Wildman–Crippen LogP) is -3.03. The molecule has 1 saturated heterocycles. The van der Waals surface area contributed by atoms with Gasteiger partial charge in [-0.2, -0.15) is 0 Å². The number of hydrogen-bond donors (Lipinski definition) is 5. The molecule has 7 nitrogen and oxygen atoms in total. The molecule has 1 aliphatic heterocycles. The predicted molar refractivity (Wildman–Crippen MR) is 52.5 cm³/mol. The summed E-state index contributed by atoms with van der Waals surface area (Å²) in [4.78, 5) is 11.6. The number of β-amino-alcohol motifs (C(OH)–C–C–N with tert-alkyl or cyclic N) is 1. The molecule has 0 saturated carbocycles. The van der Waals surface area contributed by atoms with Crippen molar-refractivity contribution >= 4 is 5.97 Å². The summed E-state index contributed by atoms with van der Waals surface area (Å²) in [6.45, 7) is 0.839. The van der Waals surface area contributed by atoms with Gasteiger partial charge in [-0.1, -0.05) is 0 Å². The minimum absolute atomic E-state index is 0.0909. The van der Waals surface area contributed by atoms with Gasteiger partial charge in [-0.05, 0) is 6.92 Å². The first-order valence-electron chi connectivity index (χ1n) is 5.07. The highest BCUT2D eigenvalue weighted by atomic mass is 16.5. The van der Waals surface area contributed by atoms with Crippen molar-refractivity contribution in [2.24, 2.45) is 0 Å². The molecule has 94 valence electrons. The van der Waals surface area contributed by atoms with Gasteiger partial charge in [-0.15, -0.1) is 0 Å². The quantitative estimate of drug-likeness (QED) is 0.330. The average Bonchev–Trinajstić information content (AvgIpc) is 2.27. The molecule has 1 rings (SSSR count). The summed E-state index contributed by atoms with van der Waals surface area (Å²) in [5.74, 6) is -0.851. The topological polar surface area (TPSA) is 119 Å². The van der Waals surface area contributed by atoms with Crippen LogP contribution in [0.3, 0.4) is 0 Å². The Labute approximate surface area is 92.7 Å². The van der Waals surface area contributed by atoms with Crippen LogP contribution in [0.5, 0.6) is 0 Å². The van der Waals surface area contributed by atoms with Gasteiger partial charge in [0.25, 0.3) is 0 Å². The number of aliphatic hydroxyl groups is 4. The number of hydrogen-bond acceptors (Lipinski definition) is 7. The molecule has 4 unspecified atom stereocenters. The van der Waals surface area contributed by atoms with Crippen LogP contribution in [0.15, 0.2) is 0 Å². The van der Waals surface area contributed by atoms with Crippen molar-refractivity contribution < 1.29 is 30.0 Å². The second-order valence-corrected chi connectivity index (χ2v) is 3.73. The van der Waals surface area contributed by atoms with Crippen molar-refractivity contribution in [3.8, 4) is 0 Å². The van der Waals surface area contributed by atoms with Crippen molar-refractivity contribution in [2.45, 2.75) is 30.8 Å². The summed E-state index contributed by atoms with van der Waals surface area (Å²) in [5, 5.41) is 40.2. The molecule has 1 fully saturated rings. The summed E-state index contributed by atoms with van der Waals surface area (Å²) < 4.78 is 4.72. The van der Waals surface area contributed by atoms with Gasteiger partial charge in [0.1, 0.15) is 12.2 Å². The fourth-order valence-electron chi connectivity index (χ4n) is 1.68. The molecule has 16 heavy (non-hydrogen) atoms. The molecule has 5 N–H and O–H groups in total. The molecule has 0 aromatic heterocycles. The lowest BCUT2D eigenvalue weighted by Gasteiger charge is -2.43. The highest BCUT2D eigenvalue weighted by Crippen LogP contribution is 2.22. The maximum Gasteiger partial charge on any atom is 0.331 e. The summed E-state index contributed by atoms with van der Waals surface area (Å²) in [7, 11) is 0. The molecule has 0 aliphatic carbocycles. The lowest BCUT2D eigenvalue weighted by molar-refractivity contribution is -0.178. The molecule has 0 spiro atoms. The minimum atomic E-state index is -1.77. The molecule has 1 heterocycles. The van der Waals surface area contributed by atoms with E-state index in [-0.39, 0.29) is 13.2 Å². The number of carbonyl (C=O) groups is 1. The van der Waals surface area contributed by atoms with Gasteiger partial charge in [0.05, 0.1) is 19.3 Å². The van der Waals surface area contributed by atoms with E-state index < -0.39 is 36.4 Å². The van der Waals surface area contributed by atoms with E-state index in [1.807, 2.05) is 0 Å². The molecule has 0 aromatic rings. The van der Waals surface area contributed by atoms with Crippen LogP contribution in [-0.4, -0.2) is 70.0 Å². The third-order valence-corrected chi connectivity index (χ3v) is 2.74. The zero-order valence-electron chi connectivity index (χ0n) is 8.96. The van der Waals surface area contributed by atoms with E-state index in [4.69, 9.17) is 4.74 Å². The van der Waals surface area contributed by atoms with Crippen molar-refractivity contribution in [2.75, 3.05) is 19.8 Å². The van der Waals surface area contributed by atoms with Gasteiger partial charge in [-0.3, -0.25) is 5.32 Å². The van der Waals surface area contributed by atoms with Crippen LogP contribution >= 0.6 is 0 Å². The smallest absolute Gasteiger partial charge is 0.331 e. The van der Waals surface area contributed by atoms with E-state index in [0.717, 1.165) is 0 Å². The van der Waals surface area contributed by atoms with Crippen LogP contribution in [0.1, 0.15) is 6.92 Å². The maximum atomic E-state index is 11.6. The van der Waals surface area contributed by atoms with Crippen LogP contribution in [0, 0.1) is 0 Å². The summed E-state index contributed by atoms with van der Waals surface area (Å²) in [6, 6.07) is 0. The van der Waals surface area contributed by atoms with E-state index in [2.05, 4.69) is 5.32 Å². The van der Waals surface area contributed by atoms with Crippen LogP contribution in [0.2, 0.25) is 0 Å². The molecule has 1 aliphatic rings. The van der Waals surface area contributed by atoms with Crippen LogP contribution in [0.25, 0.3) is 0 Å². The standard InChI is InChI=1S/C9H17NO6/c1-2-16-8(15)9(4-11)7(14)6(13)5(12)3-10-9/h5-7,10-14H,2-4H2,1H3. The number of nitrogens with one attached hydrogen (secondary N) is 1. The van der Waals surface area contributed by atoms with Gasteiger partial charge in [-0.25, -0.2) is 4.79 Å². The molecule has 4 atom stereocenters. The first-order valence-corrected chi connectivity index (χ1v) is 5.07. The van der Waals surface area contributed by atoms with Gasteiger partial charge < -0.3 is 25.2 Å². The van der Waals surface area contributed by atoms with E-state index >= 15 is 0 Å². The number of ether oxygens (including phenoxy) is 1. The fourth-order valence-corrected chi connectivity index (χ4v) is 1.68. The first-order chi connectivity index (χ1) is 7.49. The zero-order valence-corrected chi connectivity index (χ0v) is 8.96. The van der Waals surface area contributed by atoms with Crippen LogP contribution in [0.4, 0.5) is 0 Å². The number of carbonyl (C=O) groups excluding carboxylic acids is 1. The Balaban J connectivity index is 2.90. The Morgan fingerprint density at radius 1 is 1.50 bits per heavy atom. The molecular formula is C9H17NO6. The van der Waals surface area contributed by atoms with Crippen LogP contribution in [-0.2, 0) is 9.53 Å². The SMILES string of the molecule is CCOC(=O)C1(CO)NCC(O)C(O)C1O. The molecule has 7 heteroatoms. The number of aliphatic hydroxyl groups excluding tert-OH is 4. The Morgan fingerprint density at radius 2 is 2.12 bits per heavy atom. The summed E-state index contributed by atoms with van der Waals surface area (Å²) in [5.41, 5.74) is -1.77. The molecule has 0 radical (unpaired) electrons. The highest BCUT2D eigenvalue weighted by molar-refractivity contribution is 5.82. The molecule has 0 bridgehead atoms. The van der Waals surface area contributed by atoms with Crippen LogP contribution < -0.4 is 5.32 Å². The lowest BCUT2D eigenvalue weighted by Crippen LogP contribution is -2.73. The number of rotatable bonds is 3. The van der Waals surface area contributed by atoms with Crippen molar-refractivity contribution in [3.05, 3.63) is 0 Å². The van der Waals surface area contributed by atoms with E-state index in [1.54, 1.807) is 6.92 Å². The van der Waals surface area contributed by atoms with Gasteiger partial charge in [0.15, 0.2) is 5.54 Å². The maximum absolute atomic E-state index is 11.6. The second kappa shape index (κ2) is 5.07. The van der Waals surface area contributed by atoms with Gasteiger partial charge in [0, 0.05) is 6.54 Å². The third kappa shape index (κ3) is 2.04. The summed E-state index contributed by atoms with van der Waals surface area (Å²) >= 11 is 0. The number of esters is 1. The molecule has 0 aromatic carbocycles. The highest BCUT2D eigenvalue weighted by Gasteiger charge is 2.53. The Bertz CT molecular complexity index is 260. The molecular weight excluding hydrogens is 218 g/mol. The first kappa shape index (κ1) is 13.3. The van der Waals surface area contributed by atoms with E-state index in [1.165, 1.54) is 0 Å². The van der Waals surface area contributed by atoms with E-state index in [0.29, 0.717) is 0 Å². The Morgan fingerprint density at radius 3 is 2.62 bits per heavy atom. The molecule has 0 amide bonds. The minimum Gasteiger partial charge on any atom is -0.464 e. The van der Waals surface area contributed by atoms with Gasteiger partial charge >= 0.3 is 5.97 Å². The van der Waals surface area contributed by atoms with Crippen molar-refractivity contribution in [1.29, 1.82) is 0 Å². The fraction of sp³-hybridized carbons (Fsp3) is 0.889. The lowest BCUT2D eigenvalue weighted by atomic mass is 9.83. The van der Waals surface area contributed by atoms with E-state index in [9.17, 15) is 25.2 Å². The van der Waals surface area contributed by atoms with Gasteiger partial charge in [0.2, 0.25) is 0 Å². The normalized spacial score (nSPS) is 39.4. The summed E-state index contributed by atoms with van der Waals surface area (Å²) in [6.07, 6.45) is -4.32. The zero-order chi connectivity index (χ0) is 12.3.